The topological polar surface area (TPSA) is 108 Å². The van der Waals surface area contributed by atoms with Crippen molar-refractivity contribution in [3.05, 3.63) is 23.8 Å². The molecule has 0 fully saturated rings. The van der Waals surface area contributed by atoms with Crippen LogP contribution in [0.1, 0.15) is 38.2 Å². The molecule has 126 valence electrons. The number of nitrogens with one attached hydrogen (secondary N) is 3. The summed E-state index contributed by atoms with van der Waals surface area (Å²) in [4.78, 5) is 33.8. The lowest BCUT2D eigenvalue weighted by Gasteiger charge is -2.14. The molecule has 0 unspecified atom stereocenters. The molecule has 3 amide bonds. The maximum absolute atomic E-state index is 11.8. The minimum atomic E-state index is -0.890. The second kappa shape index (κ2) is 9.45. The third kappa shape index (κ3) is 6.82. The number of rotatable bonds is 8. The first-order chi connectivity index (χ1) is 10.9. The van der Waals surface area contributed by atoms with Crippen LogP contribution in [0.25, 0.3) is 0 Å². The lowest BCUT2D eigenvalue weighted by atomic mass is 10.1. The van der Waals surface area contributed by atoms with Crippen molar-refractivity contribution in [2.75, 3.05) is 17.2 Å². The molecule has 0 spiro atoms. The number of hydrogen-bond acceptors (Lipinski definition) is 3. The van der Waals surface area contributed by atoms with Crippen LogP contribution in [0.2, 0.25) is 0 Å². The molecular weight excluding hydrogens is 298 g/mol. The molecule has 0 aliphatic carbocycles. The Hall–Kier alpha value is -2.57. The van der Waals surface area contributed by atoms with E-state index < -0.39 is 12.0 Å². The SMILES string of the molecule is CCCC(=O)Nc1cccc(NC(=O)NCCCC(=O)O)c1C. The summed E-state index contributed by atoms with van der Waals surface area (Å²) in [5, 5.41) is 16.6. The number of hydrogen-bond donors (Lipinski definition) is 4. The molecule has 23 heavy (non-hydrogen) atoms. The maximum Gasteiger partial charge on any atom is 0.319 e. The Labute approximate surface area is 135 Å². The zero-order valence-corrected chi connectivity index (χ0v) is 13.4. The lowest BCUT2D eigenvalue weighted by molar-refractivity contribution is -0.137. The van der Waals surface area contributed by atoms with Crippen molar-refractivity contribution in [1.82, 2.24) is 5.32 Å². The number of carboxylic acids is 1. The second-order valence-corrected chi connectivity index (χ2v) is 5.15. The minimum absolute atomic E-state index is 0.0122. The molecule has 0 radical (unpaired) electrons. The molecule has 7 heteroatoms. The Morgan fingerprint density at radius 3 is 2.35 bits per heavy atom. The van der Waals surface area contributed by atoms with E-state index >= 15 is 0 Å². The largest absolute Gasteiger partial charge is 0.481 e. The van der Waals surface area contributed by atoms with E-state index in [9.17, 15) is 14.4 Å². The zero-order valence-electron chi connectivity index (χ0n) is 13.4. The van der Waals surface area contributed by atoms with Crippen molar-refractivity contribution in [2.45, 2.75) is 39.5 Å². The summed E-state index contributed by atoms with van der Waals surface area (Å²) in [5.41, 5.74) is 2.01. The molecule has 0 saturated heterocycles. The lowest BCUT2D eigenvalue weighted by Crippen LogP contribution is -2.30. The van der Waals surface area contributed by atoms with Crippen molar-refractivity contribution in [1.29, 1.82) is 0 Å². The minimum Gasteiger partial charge on any atom is -0.481 e. The van der Waals surface area contributed by atoms with Gasteiger partial charge >= 0.3 is 12.0 Å². The monoisotopic (exact) mass is 321 g/mol. The molecule has 1 aromatic carbocycles. The normalized spacial score (nSPS) is 10.0. The predicted octanol–water partition coefficient (Wildman–Crippen LogP) is 2.72. The van der Waals surface area contributed by atoms with Gasteiger partial charge in [-0.05, 0) is 37.5 Å². The molecule has 4 N–H and O–H groups in total. The third-order valence-electron chi connectivity index (χ3n) is 3.19. The maximum atomic E-state index is 11.8. The second-order valence-electron chi connectivity index (χ2n) is 5.15. The molecular formula is C16H23N3O4. The van der Waals surface area contributed by atoms with Crippen LogP contribution in [0.4, 0.5) is 16.2 Å². The third-order valence-corrected chi connectivity index (χ3v) is 3.19. The van der Waals surface area contributed by atoms with E-state index in [2.05, 4.69) is 16.0 Å². The van der Waals surface area contributed by atoms with Gasteiger partial charge < -0.3 is 21.1 Å². The fraction of sp³-hybridized carbons (Fsp3) is 0.438. The first kappa shape index (κ1) is 18.5. The van der Waals surface area contributed by atoms with Gasteiger partial charge in [-0.3, -0.25) is 9.59 Å². The van der Waals surface area contributed by atoms with E-state index in [-0.39, 0.29) is 18.9 Å². The quantitative estimate of drug-likeness (QED) is 0.552. The Morgan fingerprint density at radius 1 is 1.09 bits per heavy atom. The molecule has 0 heterocycles. The van der Waals surface area contributed by atoms with E-state index in [1.165, 1.54) is 0 Å². The highest BCUT2D eigenvalue weighted by atomic mass is 16.4. The van der Waals surface area contributed by atoms with Gasteiger partial charge in [-0.25, -0.2) is 4.79 Å². The van der Waals surface area contributed by atoms with E-state index in [0.29, 0.717) is 24.2 Å². The van der Waals surface area contributed by atoms with Gasteiger partial charge in [0.15, 0.2) is 0 Å². The Bertz CT molecular complexity index is 572. The summed E-state index contributed by atoms with van der Waals surface area (Å²) >= 11 is 0. The number of amides is 3. The summed E-state index contributed by atoms with van der Waals surface area (Å²) < 4.78 is 0. The Kier molecular flexibility index (Phi) is 7.59. The van der Waals surface area contributed by atoms with Crippen LogP contribution in [-0.2, 0) is 9.59 Å². The molecule has 1 aromatic rings. The average Bonchev–Trinajstić information content (AvgIpc) is 2.48. The van der Waals surface area contributed by atoms with E-state index in [0.717, 1.165) is 12.0 Å². The number of aliphatic carboxylic acids is 1. The average molecular weight is 321 g/mol. The van der Waals surface area contributed by atoms with Gasteiger partial charge in [0.1, 0.15) is 0 Å². The molecule has 7 nitrogen and oxygen atoms in total. The molecule has 0 aliphatic heterocycles. The van der Waals surface area contributed by atoms with Gasteiger partial charge in [-0.2, -0.15) is 0 Å². The number of urea groups is 1. The van der Waals surface area contributed by atoms with Crippen LogP contribution >= 0.6 is 0 Å². The molecule has 1 rings (SSSR count). The number of anilines is 2. The summed E-state index contributed by atoms with van der Waals surface area (Å²) in [6.45, 7) is 4.02. The smallest absolute Gasteiger partial charge is 0.319 e. The summed E-state index contributed by atoms with van der Waals surface area (Å²) in [6, 6.07) is 4.85. The van der Waals surface area contributed by atoms with Crippen LogP contribution in [0.15, 0.2) is 18.2 Å². The molecule has 0 saturated carbocycles. The fourth-order valence-corrected chi connectivity index (χ4v) is 1.95. The summed E-state index contributed by atoms with van der Waals surface area (Å²) in [7, 11) is 0. The van der Waals surface area contributed by atoms with Gasteiger partial charge in [-0.15, -0.1) is 0 Å². The van der Waals surface area contributed by atoms with E-state index in [1.807, 2.05) is 13.8 Å². The summed E-state index contributed by atoms with van der Waals surface area (Å²) in [5.74, 6) is -0.954. The van der Waals surface area contributed by atoms with Crippen LogP contribution in [0.5, 0.6) is 0 Å². The molecule has 0 aromatic heterocycles. The van der Waals surface area contributed by atoms with Gasteiger partial charge in [0, 0.05) is 30.8 Å². The molecule has 0 atom stereocenters. The number of carbonyl (C=O) groups is 3. The van der Waals surface area contributed by atoms with Crippen LogP contribution in [0, 0.1) is 6.92 Å². The van der Waals surface area contributed by atoms with Gasteiger partial charge in [0.05, 0.1) is 0 Å². The van der Waals surface area contributed by atoms with Crippen molar-refractivity contribution >= 4 is 29.3 Å². The Morgan fingerprint density at radius 2 is 1.74 bits per heavy atom. The first-order valence-corrected chi connectivity index (χ1v) is 7.60. The highest BCUT2D eigenvalue weighted by Crippen LogP contribution is 2.23. The highest BCUT2D eigenvalue weighted by molar-refractivity contribution is 5.95. The number of carboxylic acid groups (broad SMARTS) is 1. The van der Waals surface area contributed by atoms with Crippen molar-refractivity contribution < 1.29 is 19.5 Å². The molecule has 0 aliphatic rings. The summed E-state index contributed by atoms with van der Waals surface area (Å²) in [6.07, 6.45) is 1.59. The zero-order chi connectivity index (χ0) is 17.2. The van der Waals surface area contributed by atoms with Crippen LogP contribution in [-0.4, -0.2) is 29.6 Å². The van der Waals surface area contributed by atoms with Gasteiger partial charge in [-0.1, -0.05) is 13.0 Å². The standard InChI is InChI=1S/C16H23N3O4/c1-3-6-14(20)18-12-7-4-8-13(11(12)2)19-16(23)17-10-5-9-15(21)22/h4,7-8H,3,5-6,9-10H2,1-2H3,(H,18,20)(H,21,22)(H2,17,19,23). The van der Waals surface area contributed by atoms with Crippen LogP contribution in [0.3, 0.4) is 0 Å². The van der Waals surface area contributed by atoms with Gasteiger partial charge in [0.2, 0.25) is 5.91 Å². The van der Waals surface area contributed by atoms with E-state index in [4.69, 9.17) is 5.11 Å². The van der Waals surface area contributed by atoms with E-state index in [1.54, 1.807) is 18.2 Å². The Balaban J connectivity index is 2.58. The first-order valence-electron chi connectivity index (χ1n) is 7.60. The highest BCUT2D eigenvalue weighted by Gasteiger charge is 2.09. The van der Waals surface area contributed by atoms with Crippen molar-refractivity contribution in [3.8, 4) is 0 Å². The van der Waals surface area contributed by atoms with Crippen LogP contribution < -0.4 is 16.0 Å². The predicted molar refractivity (Wildman–Crippen MR) is 88.6 cm³/mol. The fourth-order valence-electron chi connectivity index (χ4n) is 1.95. The molecule has 0 bridgehead atoms. The van der Waals surface area contributed by atoms with Crippen molar-refractivity contribution in [3.63, 3.8) is 0 Å². The van der Waals surface area contributed by atoms with Gasteiger partial charge in [0.25, 0.3) is 0 Å². The number of carbonyl (C=O) groups excluding carboxylic acids is 2. The number of benzene rings is 1. The van der Waals surface area contributed by atoms with Crippen molar-refractivity contribution in [2.24, 2.45) is 0 Å².